The van der Waals surface area contributed by atoms with Crippen molar-refractivity contribution in [1.82, 2.24) is 4.31 Å². The summed E-state index contributed by atoms with van der Waals surface area (Å²) in [6, 6.07) is 6.17. The molecule has 0 spiro atoms. The molecule has 2 rings (SSSR count). The maximum atomic E-state index is 12.1. The summed E-state index contributed by atoms with van der Waals surface area (Å²) in [5.41, 5.74) is 0.810. The van der Waals surface area contributed by atoms with E-state index >= 15 is 0 Å². The molecule has 7 heteroatoms. The van der Waals surface area contributed by atoms with Gasteiger partial charge in [0.2, 0.25) is 10.0 Å². The smallest absolute Gasteiger partial charge is 0.258 e. The molecule has 6 nitrogen and oxygen atoms in total. The van der Waals surface area contributed by atoms with Gasteiger partial charge in [0, 0.05) is 25.2 Å². The Morgan fingerprint density at radius 1 is 1.30 bits per heavy atom. The standard InChI is InChI=1S/C13H18N2O4S/c1-14(12-3-2-4-12)20(18,19)10-9-11-5-7-13(8-6-11)15(16)17/h5-8,12H,2-4,9-10H2,1H3. The lowest BCUT2D eigenvalue weighted by atomic mass is 9.94. The molecular weight excluding hydrogens is 280 g/mol. The molecule has 110 valence electrons. The topological polar surface area (TPSA) is 80.5 Å². The monoisotopic (exact) mass is 298 g/mol. The van der Waals surface area contributed by atoms with Crippen molar-refractivity contribution in [1.29, 1.82) is 0 Å². The van der Waals surface area contributed by atoms with Crippen LogP contribution in [0.25, 0.3) is 0 Å². The molecular formula is C13H18N2O4S. The summed E-state index contributed by atoms with van der Waals surface area (Å²) < 4.78 is 25.7. The number of nitro groups is 1. The summed E-state index contributed by atoms with van der Waals surface area (Å²) >= 11 is 0. The molecule has 1 aromatic carbocycles. The minimum Gasteiger partial charge on any atom is -0.258 e. The largest absolute Gasteiger partial charge is 0.269 e. The van der Waals surface area contributed by atoms with Crippen molar-refractivity contribution in [3.63, 3.8) is 0 Å². The van der Waals surface area contributed by atoms with Crippen LogP contribution >= 0.6 is 0 Å². The van der Waals surface area contributed by atoms with Crippen LogP contribution in [0.5, 0.6) is 0 Å². The maximum Gasteiger partial charge on any atom is 0.269 e. The summed E-state index contributed by atoms with van der Waals surface area (Å²) in [6.45, 7) is 0. The fourth-order valence-corrected chi connectivity index (χ4v) is 3.60. The first-order chi connectivity index (χ1) is 9.40. The lowest BCUT2D eigenvalue weighted by Gasteiger charge is -2.33. The fourth-order valence-electron chi connectivity index (χ4n) is 2.15. The highest BCUT2D eigenvalue weighted by atomic mass is 32.2. The van der Waals surface area contributed by atoms with E-state index in [0.717, 1.165) is 24.8 Å². The van der Waals surface area contributed by atoms with E-state index in [1.165, 1.54) is 16.4 Å². The van der Waals surface area contributed by atoms with Crippen molar-refractivity contribution in [2.24, 2.45) is 0 Å². The molecule has 20 heavy (non-hydrogen) atoms. The SMILES string of the molecule is CN(C1CCC1)S(=O)(=O)CCc1ccc([N+](=O)[O-])cc1. The Morgan fingerprint density at radius 3 is 2.35 bits per heavy atom. The molecule has 0 atom stereocenters. The average Bonchev–Trinajstić information content (AvgIpc) is 2.35. The second kappa shape index (κ2) is 5.88. The summed E-state index contributed by atoms with van der Waals surface area (Å²) in [5, 5.41) is 10.5. The van der Waals surface area contributed by atoms with Crippen molar-refractivity contribution >= 4 is 15.7 Å². The fraction of sp³-hybridized carbons (Fsp3) is 0.538. The van der Waals surface area contributed by atoms with Gasteiger partial charge in [-0.05, 0) is 24.8 Å². The number of sulfonamides is 1. The number of aryl methyl sites for hydroxylation is 1. The third-order valence-corrected chi connectivity index (χ3v) is 5.72. The van der Waals surface area contributed by atoms with E-state index in [4.69, 9.17) is 0 Å². The number of benzene rings is 1. The van der Waals surface area contributed by atoms with Crippen molar-refractivity contribution < 1.29 is 13.3 Å². The number of hydrogen-bond acceptors (Lipinski definition) is 4. The minimum atomic E-state index is -3.25. The van der Waals surface area contributed by atoms with Crippen LogP contribution in [0.15, 0.2) is 24.3 Å². The van der Waals surface area contributed by atoms with Gasteiger partial charge in [0.05, 0.1) is 10.7 Å². The van der Waals surface area contributed by atoms with E-state index in [-0.39, 0.29) is 17.5 Å². The van der Waals surface area contributed by atoms with Crippen molar-refractivity contribution in [3.05, 3.63) is 39.9 Å². The van der Waals surface area contributed by atoms with Crippen LogP contribution in [0.4, 0.5) is 5.69 Å². The molecule has 0 unspecified atom stereocenters. The molecule has 0 N–H and O–H groups in total. The average molecular weight is 298 g/mol. The van der Waals surface area contributed by atoms with Gasteiger partial charge < -0.3 is 0 Å². The van der Waals surface area contributed by atoms with Crippen LogP contribution in [-0.2, 0) is 16.4 Å². The molecule has 0 aliphatic heterocycles. The molecule has 0 amide bonds. The number of nitro benzene ring substituents is 1. The Kier molecular flexibility index (Phi) is 4.39. The Labute approximate surface area is 118 Å². The van der Waals surface area contributed by atoms with Crippen LogP contribution in [0.2, 0.25) is 0 Å². The Balaban J connectivity index is 1.95. The third kappa shape index (κ3) is 3.34. The predicted octanol–water partition coefficient (Wildman–Crippen LogP) is 1.95. The third-order valence-electron chi connectivity index (χ3n) is 3.82. The maximum absolute atomic E-state index is 12.1. The van der Waals surface area contributed by atoms with E-state index in [1.54, 1.807) is 19.2 Å². The van der Waals surface area contributed by atoms with Gasteiger partial charge in [-0.25, -0.2) is 12.7 Å². The number of rotatable bonds is 6. The summed E-state index contributed by atoms with van der Waals surface area (Å²) in [4.78, 5) is 10.1. The first-order valence-corrected chi connectivity index (χ1v) is 8.20. The predicted molar refractivity (Wildman–Crippen MR) is 76.0 cm³/mol. The highest BCUT2D eigenvalue weighted by Crippen LogP contribution is 2.26. The van der Waals surface area contributed by atoms with Gasteiger partial charge in [0.25, 0.3) is 5.69 Å². The molecule has 0 radical (unpaired) electrons. The molecule has 0 aromatic heterocycles. The van der Waals surface area contributed by atoms with Gasteiger partial charge in [0.15, 0.2) is 0 Å². The summed E-state index contributed by atoms with van der Waals surface area (Å²) in [6.07, 6.45) is 3.34. The van der Waals surface area contributed by atoms with Crippen molar-refractivity contribution in [3.8, 4) is 0 Å². The quantitative estimate of drug-likeness (QED) is 0.594. The Bertz CT molecular complexity index is 579. The van der Waals surface area contributed by atoms with Crippen LogP contribution in [0.1, 0.15) is 24.8 Å². The second-order valence-corrected chi connectivity index (χ2v) is 7.24. The normalized spacial score (nSPS) is 16.1. The molecule has 0 saturated heterocycles. The number of hydrogen-bond donors (Lipinski definition) is 0. The highest BCUT2D eigenvalue weighted by molar-refractivity contribution is 7.89. The summed E-state index contributed by atoms with van der Waals surface area (Å²) in [5.74, 6) is 0.0395. The van der Waals surface area contributed by atoms with Crippen molar-refractivity contribution in [2.75, 3.05) is 12.8 Å². The molecule has 0 bridgehead atoms. The number of nitrogens with zero attached hydrogens (tertiary/aromatic N) is 2. The molecule has 0 heterocycles. The minimum absolute atomic E-state index is 0.0168. The summed E-state index contributed by atoms with van der Waals surface area (Å²) in [7, 11) is -1.61. The Morgan fingerprint density at radius 2 is 1.90 bits per heavy atom. The van der Waals surface area contributed by atoms with Crippen LogP contribution in [0.3, 0.4) is 0 Å². The molecule has 1 saturated carbocycles. The molecule has 1 aliphatic carbocycles. The van der Waals surface area contributed by atoms with E-state index < -0.39 is 14.9 Å². The van der Waals surface area contributed by atoms with Crippen molar-refractivity contribution in [2.45, 2.75) is 31.7 Å². The van der Waals surface area contributed by atoms with E-state index in [9.17, 15) is 18.5 Å². The van der Waals surface area contributed by atoms with E-state index in [2.05, 4.69) is 0 Å². The van der Waals surface area contributed by atoms with Gasteiger partial charge in [-0.3, -0.25) is 10.1 Å². The lowest BCUT2D eigenvalue weighted by molar-refractivity contribution is -0.384. The van der Waals surface area contributed by atoms with Crippen LogP contribution in [-0.4, -0.2) is 36.5 Å². The first kappa shape index (κ1) is 14.9. The van der Waals surface area contributed by atoms with Gasteiger partial charge in [-0.2, -0.15) is 0 Å². The van der Waals surface area contributed by atoms with Crippen LogP contribution in [0, 0.1) is 10.1 Å². The van der Waals surface area contributed by atoms with Gasteiger partial charge in [0.1, 0.15) is 0 Å². The van der Waals surface area contributed by atoms with Gasteiger partial charge >= 0.3 is 0 Å². The molecule has 1 fully saturated rings. The first-order valence-electron chi connectivity index (χ1n) is 6.59. The molecule has 1 aromatic rings. The van der Waals surface area contributed by atoms with Gasteiger partial charge in [-0.1, -0.05) is 18.6 Å². The van der Waals surface area contributed by atoms with Crippen LogP contribution < -0.4 is 0 Å². The van der Waals surface area contributed by atoms with E-state index in [0.29, 0.717) is 6.42 Å². The zero-order valence-electron chi connectivity index (χ0n) is 11.4. The zero-order valence-corrected chi connectivity index (χ0v) is 12.2. The zero-order chi connectivity index (χ0) is 14.8. The Hall–Kier alpha value is -1.47. The second-order valence-electron chi connectivity index (χ2n) is 5.09. The van der Waals surface area contributed by atoms with Gasteiger partial charge in [-0.15, -0.1) is 0 Å². The number of non-ortho nitro benzene ring substituents is 1. The lowest BCUT2D eigenvalue weighted by Crippen LogP contribution is -2.42. The highest BCUT2D eigenvalue weighted by Gasteiger charge is 2.30. The molecule has 1 aliphatic rings. The van der Waals surface area contributed by atoms with E-state index in [1.807, 2.05) is 0 Å².